The molecule has 0 radical (unpaired) electrons. The summed E-state index contributed by atoms with van der Waals surface area (Å²) in [7, 11) is 0. The van der Waals surface area contributed by atoms with Gasteiger partial charge in [-0.3, -0.25) is 0 Å². The number of esters is 1. The zero-order valence-corrected chi connectivity index (χ0v) is 16.1. The highest BCUT2D eigenvalue weighted by atomic mass is 16.6. The van der Waals surface area contributed by atoms with Crippen LogP contribution in [0.1, 0.15) is 49.5 Å². The van der Waals surface area contributed by atoms with E-state index < -0.39 is 5.60 Å². The fourth-order valence-corrected chi connectivity index (χ4v) is 2.80. The molecule has 0 spiro atoms. The number of aryl methyl sites for hydroxylation is 1. The van der Waals surface area contributed by atoms with E-state index in [4.69, 9.17) is 14.9 Å². The number of hydrogen-bond donors (Lipinski definition) is 1. The van der Waals surface area contributed by atoms with Crippen molar-refractivity contribution in [2.75, 3.05) is 6.54 Å². The van der Waals surface area contributed by atoms with E-state index in [9.17, 15) is 4.79 Å². The molecule has 27 heavy (non-hydrogen) atoms. The van der Waals surface area contributed by atoms with Crippen molar-refractivity contribution >= 4 is 17.1 Å². The van der Waals surface area contributed by atoms with E-state index in [1.165, 1.54) is 5.56 Å². The maximum atomic E-state index is 12.2. The van der Waals surface area contributed by atoms with Crippen LogP contribution in [-0.2, 0) is 11.2 Å². The van der Waals surface area contributed by atoms with Crippen molar-refractivity contribution < 1.29 is 13.9 Å². The second kappa shape index (κ2) is 7.92. The summed E-state index contributed by atoms with van der Waals surface area (Å²) in [6, 6.07) is 13.4. The van der Waals surface area contributed by atoms with Gasteiger partial charge in [0.05, 0.1) is 5.56 Å². The molecule has 0 aliphatic rings. The Bertz CT molecular complexity index is 921. The van der Waals surface area contributed by atoms with Gasteiger partial charge in [0.25, 0.3) is 0 Å². The minimum atomic E-state index is -0.535. The SMILES string of the molecule is CC(C)(C)OC(=O)c1ccc2oc(-c3ccc(CCCCN)cc3)nc2c1. The molecule has 142 valence electrons. The standard InChI is InChI=1S/C22H26N2O3/c1-22(2,3)27-21(25)17-11-12-19-18(14-17)24-20(26-19)16-9-7-15(8-10-16)6-4-5-13-23/h7-12,14H,4-6,13,23H2,1-3H3. The van der Waals surface area contributed by atoms with E-state index in [0.29, 0.717) is 22.6 Å². The molecule has 3 aromatic rings. The molecular formula is C22H26N2O3. The highest BCUT2D eigenvalue weighted by Gasteiger charge is 2.19. The lowest BCUT2D eigenvalue weighted by molar-refractivity contribution is 0.00697. The second-order valence-corrected chi connectivity index (χ2v) is 7.65. The Hall–Kier alpha value is -2.66. The van der Waals surface area contributed by atoms with E-state index in [0.717, 1.165) is 31.4 Å². The molecule has 0 unspecified atom stereocenters. The van der Waals surface area contributed by atoms with Crippen LogP contribution in [-0.4, -0.2) is 23.1 Å². The van der Waals surface area contributed by atoms with Gasteiger partial charge in [-0.1, -0.05) is 12.1 Å². The molecule has 2 N–H and O–H groups in total. The van der Waals surface area contributed by atoms with Gasteiger partial charge < -0.3 is 14.9 Å². The smallest absolute Gasteiger partial charge is 0.338 e. The third kappa shape index (κ3) is 4.95. The molecule has 0 saturated carbocycles. The number of nitrogens with two attached hydrogens (primary N) is 1. The lowest BCUT2D eigenvalue weighted by atomic mass is 10.1. The van der Waals surface area contributed by atoms with Crippen molar-refractivity contribution in [3.05, 3.63) is 53.6 Å². The minimum absolute atomic E-state index is 0.365. The number of nitrogens with zero attached hydrogens (tertiary/aromatic N) is 1. The number of carbonyl (C=O) groups excluding carboxylic acids is 1. The Morgan fingerprint density at radius 1 is 1.11 bits per heavy atom. The van der Waals surface area contributed by atoms with Crippen LogP contribution >= 0.6 is 0 Å². The van der Waals surface area contributed by atoms with Gasteiger partial charge in [-0.15, -0.1) is 0 Å². The fourth-order valence-electron chi connectivity index (χ4n) is 2.80. The predicted molar refractivity (Wildman–Crippen MR) is 107 cm³/mol. The molecule has 0 atom stereocenters. The third-order valence-corrected chi connectivity index (χ3v) is 4.14. The number of unbranched alkanes of at least 4 members (excludes halogenated alkanes) is 1. The second-order valence-electron chi connectivity index (χ2n) is 7.65. The minimum Gasteiger partial charge on any atom is -0.456 e. The van der Waals surface area contributed by atoms with Crippen LogP contribution in [0.3, 0.4) is 0 Å². The Morgan fingerprint density at radius 3 is 2.52 bits per heavy atom. The van der Waals surface area contributed by atoms with E-state index in [1.54, 1.807) is 18.2 Å². The molecule has 0 fully saturated rings. The summed E-state index contributed by atoms with van der Waals surface area (Å²) in [5.41, 5.74) is 8.94. The number of aromatic nitrogens is 1. The van der Waals surface area contributed by atoms with Crippen LogP contribution in [0.25, 0.3) is 22.6 Å². The fraction of sp³-hybridized carbons (Fsp3) is 0.364. The van der Waals surface area contributed by atoms with Gasteiger partial charge in [-0.05, 0) is 82.5 Å². The van der Waals surface area contributed by atoms with E-state index in [2.05, 4.69) is 17.1 Å². The lowest BCUT2D eigenvalue weighted by Crippen LogP contribution is -2.23. The summed E-state index contributed by atoms with van der Waals surface area (Å²) in [6.45, 7) is 6.26. The number of hydrogen-bond acceptors (Lipinski definition) is 5. The number of rotatable bonds is 6. The number of carbonyl (C=O) groups is 1. The summed E-state index contributed by atoms with van der Waals surface area (Å²) < 4.78 is 11.3. The topological polar surface area (TPSA) is 78.3 Å². The monoisotopic (exact) mass is 366 g/mol. The van der Waals surface area contributed by atoms with Crippen LogP contribution in [0.4, 0.5) is 0 Å². The first-order valence-corrected chi connectivity index (χ1v) is 9.29. The van der Waals surface area contributed by atoms with Crippen molar-refractivity contribution in [3.8, 4) is 11.5 Å². The normalized spacial score (nSPS) is 11.7. The summed E-state index contributed by atoms with van der Waals surface area (Å²) in [4.78, 5) is 16.8. The van der Waals surface area contributed by atoms with Crippen LogP contribution in [0.5, 0.6) is 0 Å². The van der Waals surface area contributed by atoms with E-state index in [1.807, 2.05) is 32.9 Å². The van der Waals surface area contributed by atoms with Gasteiger partial charge in [0, 0.05) is 5.56 Å². The van der Waals surface area contributed by atoms with Crippen LogP contribution < -0.4 is 5.73 Å². The maximum Gasteiger partial charge on any atom is 0.338 e. The summed E-state index contributed by atoms with van der Waals surface area (Å²) in [5, 5.41) is 0. The Kier molecular flexibility index (Phi) is 5.61. The predicted octanol–water partition coefficient (Wildman–Crippen LogP) is 4.73. The van der Waals surface area contributed by atoms with Gasteiger partial charge >= 0.3 is 5.97 Å². The molecule has 2 aromatic carbocycles. The highest BCUT2D eigenvalue weighted by Crippen LogP contribution is 2.26. The number of ether oxygens (including phenoxy) is 1. The lowest BCUT2D eigenvalue weighted by Gasteiger charge is -2.19. The van der Waals surface area contributed by atoms with Gasteiger partial charge in [0.1, 0.15) is 11.1 Å². The van der Waals surface area contributed by atoms with Crippen LogP contribution in [0.2, 0.25) is 0 Å². The molecule has 0 aliphatic heterocycles. The van der Waals surface area contributed by atoms with Crippen molar-refractivity contribution in [3.63, 3.8) is 0 Å². The molecule has 0 amide bonds. The summed E-state index contributed by atoms with van der Waals surface area (Å²) in [6.07, 6.45) is 3.14. The molecule has 5 heteroatoms. The van der Waals surface area contributed by atoms with Gasteiger partial charge in [-0.25, -0.2) is 9.78 Å². The average Bonchev–Trinajstić information content (AvgIpc) is 3.04. The van der Waals surface area contributed by atoms with Gasteiger partial charge in [0.2, 0.25) is 5.89 Å². The first kappa shape index (κ1) is 19.1. The quantitative estimate of drug-likeness (QED) is 0.504. The molecule has 0 saturated heterocycles. The zero-order valence-electron chi connectivity index (χ0n) is 16.1. The largest absolute Gasteiger partial charge is 0.456 e. The van der Waals surface area contributed by atoms with Crippen LogP contribution in [0, 0.1) is 0 Å². The maximum absolute atomic E-state index is 12.2. The molecule has 0 aliphatic carbocycles. The summed E-state index contributed by atoms with van der Waals surface area (Å²) in [5.74, 6) is 0.177. The van der Waals surface area contributed by atoms with Crippen molar-refractivity contribution in [2.45, 2.75) is 45.6 Å². The average molecular weight is 366 g/mol. The van der Waals surface area contributed by atoms with Gasteiger partial charge in [0.15, 0.2) is 5.58 Å². The van der Waals surface area contributed by atoms with Crippen molar-refractivity contribution in [1.82, 2.24) is 4.98 Å². The van der Waals surface area contributed by atoms with Crippen LogP contribution in [0.15, 0.2) is 46.9 Å². The molecular weight excluding hydrogens is 340 g/mol. The van der Waals surface area contributed by atoms with Gasteiger partial charge in [-0.2, -0.15) is 0 Å². The molecule has 1 aromatic heterocycles. The van der Waals surface area contributed by atoms with E-state index in [-0.39, 0.29) is 5.97 Å². The zero-order chi connectivity index (χ0) is 19.4. The number of fused-ring (bicyclic) bond motifs is 1. The molecule has 3 rings (SSSR count). The third-order valence-electron chi connectivity index (χ3n) is 4.14. The van der Waals surface area contributed by atoms with Crippen molar-refractivity contribution in [2.24, 2.45) is 5.73 Å². The molecule has 5 nitrogen and oxygen atoms in total. The number of benzene rings is 2. The molecule has 0 bridgehead atoms. The Balaban J connectivity index is 1.79. The highest BCUT2D eigenvalue weighted by molar-refractivity contribution is 5.93. The van der Waals surface area contributed by atoms with E-state index >= 15 is 0 Å². The first-order valence-electron chi connectivity index (χ1n) is 9.29. The van der Waals surface area contributed by atoms with Crippen molar-refractivity contribution in [1.29, 1.82) is 0 Å². The molecule has 1 heterocycles. The first-order chi connectivity index (χ1) is 12.9. The summed E-state index contributed by atoms with van der Waals surface area (Å²) >= 11 is 0. The Labute approximate surface area is 159 Å². The Morgan fingerprint density at radius 2 is 1.85 bits per heavy atom. The number of oxazole rings is 1.